The Kier molecular flexibility index (Phi) is 4.20. The van der Waals surface area contributed by atoms with Crippen molar-refractivity contribution in [2.75, 3.05) is 10.6 Å². The minimum atomic E-state index is -0.572. The minimum absolute atomic E-state index is 0.0138. The largest absolute Gasteiger partial charge is 0.324 e. The maximum Gasteiger partial charge on any atom is 0.256 e. The maximum atomic E-state index is 13.7. The Balaban J connectivity index is 1.90. The summed E-state index contributed by atoms with van der Waals surface area (Å²) in [6.07, 6.45) is 1.56. The highest BCUT2D eigenvalue weighted by atomic mass is 19.1. The number of anilines is 2. The van der Waals surface area contributed by atoms with Crippen LogP contribution in [0.5, 0.6) is 0 Å². The monoisotopic (exact) mass is 323 g/mol. The molecule has 2 aromatic carbocycles. The zero-order chi connectivity index (χ0) is 17.1. The van der Waals surface area contributed by atoms with E-state index in [1.54, 1.807) is 12.3 Å². The van der Waals surface area contributed by atoms with Gasteiger partial charge >= 0.3 is 0 Å². The van der Waals surface area contributed by atoms with Gasteiger partial charge in [0.1, 0.15) is 5.82 Å². The zero-order valence-corrected chi connectivity index (χ0v) is 12.8. The second-order valence-electron chi connectivity index (χ2n) is 5.21. The predicted octanol–water partition coefficient (Wildman–Crippen LogP) is 3.58. The summed E-state index contributed by atoms with van der Waals surface area (Å²) < 4.78 is 13.7. The van der Waals surface area contributed by atoms with Gasteiger partial charge in [0.15, 0.2) is 0 Å². The number of rotatable bonds is 3. The molecule has 0 saturated carbocycles. The highest BCUT2D eigenvalue weighted by Crippen LogP contribution is 2.22. The second kappa shape index (κ2) is 6.45. The Hall–Kier alpha value is -3.28. The summed E-state index contributed by atoms with van der Waals surface area (Å²) >= 11 is 0. The van der Waals surface area contributed by atoms with Crippen LogP contribution in [0.2, 0.25) is 0 Å². The van der Waals surface area contributed by atoms with E-state index in [4.69, 9.17) is 0 Å². The molecule has 0 atom stereocenters. The van der Waals surface area contributed by atoms with Gasteiger partial charge in [0.05, 0.1) is 16.8 Å². The molecule has 0 aliphatic carbocycles. The molecule has 24 heavy (non-hydrogen) atoms. The van der Waals surface area contributed by atoms with Crippen molar-refractivity contribution in [3.63, 3.8) is 0 Å². The zero-order valence-electron chi connectivity index (χ0n) is 12.8. The number of fused-ring (bicyclic) bond motifs is 1. The molecule has 1 aromatic heterocycles. The third kappa shape index (κ3) is 3.22. The predicted molar refractivity (Wildman–Crippen MR) is 90.4 cm³/mol. The van der Waals surface area contributed by atoms with E-state index in [0.717, 1.165) is 5.39 Å². The molecule has 120 valence electrons. The lowest BCUT2D eigenvalue weighted by Crippen LogP contribution is -2.13. The molecule has 0 aliphatic heterocycles. The van der Waals surface area contributed by atoms with Crippen LogP contribution in [-0.2, 0) is 4.79 Å². The topological polar surface area (TPSA) is 71.1 Å². The molecule has 1 heterocycles. The lowest BCUT2D eigenvalue weighted by molar-refractivity contribution is -0.114. The Labute approximate surface area is 137 Å². The van der Waals surface area contributed by atoms with Crippen molar-refractivity contribution < 1.29 is 14.0 Å². The number of para-hydroxylation sites is 1. The van der Waals surface area contributed by atoms with Gasteiger partial charge in [-0.1, -0.05) is 18.2 Å². The number of hydrogen-bond donors (Lipinski definition) is 2. The van der Waals surface area contributed by atoms with Gasteiger partial charge in [0.25, 0.3) is 5.91 Å². The first-order valence-corrected chi connectivity index (χ1v) is 7.27. The first kappa shape index (κ1) is 15.6. The fourth-order valence-corrected chi connectivity index (χ4v) is 2.38. The Bertz CT molecular complexity index is 935. The van der Waals surface area contributed by atoms with Crippen LogP contribution >= 0.6 is 0 Å². The van der Waals surface area contributed by atoms with Crippen LogP contribution in [0.25, 0.3) is 10.9 Å². The molecule has 2 N–H and O–H groups in total. The average molecular weight is 323 g/mol. The van der Waals surface area contributed by atoms with Gasteiger partial charge in [0, 0.05) is 24.2 Å². The molecule has 5 nitrogen and oxygen atoms in total. The van der Waals surface area contributed by atoms with Crippen LogP contribution in [-0.4, -0.2) is 16.8 Å². The number of nitrogens with one attached hydrogen (secondary N) is 2. The van der Waals surface area contributed by atoms with Gasteiger partial charge in [-0.15, -0.1) is 0 Å². The smallest absolute Gasteiger partial charge is 0.256 e. The normalized spacial score (nSPS) is 10.4. The summed E-state index contributed by atoms with van der Waals surface area (Å²) in [7, 11) is 0. The number of nitrogens with zero attached hydrogens (tertiary/aromatic N) is 1. The third-order valence-corrected chi connectivity index (χ3v) is 3.43. The number of halogens is 1. The summed E-state index contributed by atoms with van der Waals surface area (Å²) in [6.45, 7) is 1.29. The number of carbonyl (C=O) groups excluding carboxylic acids is 2. The SMILES string of the molecule is CC(=O)Nc1cc(NC(=O)c2ccnc3ccccc23)ccc1F. The molecule has 6 heteroatoms. The molecule has 0 unspecified atom stereocenters. The fourth-order valence-electron chi connectivity index (χ4n) is 2.38. The Morgan fingerprint density at radius 3 is 2.62 bits per heavy atom. The van der Waals surface area contributed by atoms with E-state index in [1.165, 1.54) is 25.1 Å². The summed E-state index contributed by atoms with van der Waals surface area (Å²) in [5.74, 6) is -1.30. The summed E-state index contributed by atoms with van der Waals surface area (Å²) in [5.41, 5.74) is 1.57. The van der Waals surface area contributed by atoms with Crippen LogP contribution in [0, 0.1) is 5.82 Å². The van der Waals surface area contributed by atoms with Crippen molar-refractivity contribution >= 4 is 34.1 Å². The molecule has 0 saturated heterocycles. The molecular weight excluding hydrogens is 309 g/mol. The van der Waals surface area contributed by atoms with Crippen LogP contribution in [0.4, 0.5) is 15.8 Å². The second-order valence-corrected chi connectivity index (χ2v) is 5.21. The van der Waals surface area contributed by atoms with Crippen molar-refractivity contribution in [2.45, 2.75) is 6.92 Å². The average Bonchev–Trinajstić information content (AvgIpc) is 2.57. The molecule has 0 fully saturated rings. The molecule has 3 aromatic rings. The first-order chi connectivity index (χ1) is 11.5. The molecule has 3 rings (SSSR count). The van der Waals surface area contributed by atoms with Crippen molar-refractivity contribution in [2.24, 2.45) is 0 Å². The van der Waals surface area contributed by atoms with E-state index in [9.17, 15) is 14.0 Å². The molecule has 0 bridgehead atoms. The minimum Gasteiger partial charge on any atom is -0.324 e. The van der Waals surface area contributed by atoms with E-state index in [0.29, 0.717) is 16.8 Å². The third-order valence-electron chi connectivity index (χ3n) is 3.43. The Morgan fingerprint density at radius 1 is 1.04 bits per heavy atom. The van der Waals surface area contributed by atoms with Crippen molar-refractivity contribution in [3.8, 4) is 0 Å². The lowest BCUT2D eigenvalue weighted by atomic mass is 10.1. The van der Waals surface area contributed by atoms with Gasteiger partial charge in [0.2, 0.25) is 5.91 Å². The highest BCUT2D eigenvalue weighted by molar-refractivity contribution is 6.12. The highest BCUT2D eigenvalue weighted by Gasteiger charge is 2.12. The van der Waals surface area contributed by atoms with Crippen LogP contribution in [0.3, 0.4) is 0 Å². The number of hydrogen-bond acceptors (Lipinski definition) is 3. The fraction of sp³-hybridized carbons (Fsp3) is 0.0556. The van der Waals surface area contributed by atoms with Gasteiger partial charge in [-0.05, 0) is 30.3 Å². The molecular formula is C18H14FN3O2. The van der Waals surface area contributed by atoms with Crippen LogP contribution in [0.15, 0.2) is 54.7 Å². The van der Waals surface area contributed by atoms with Gasteiger partial charge < -0.3 is 10.6 Å². The number of aromatic nitrogens is 1. The van der Waals surface area contributed by atoms with Crippen molar-refractivity contribution in [1.82, 2.24) is 4.98 Å². The van der Waals surface area contributed by atoms with Gasteiger partial charge in [-0.25, -0.2) is 4.39 Å². The summed E-state index contributed by atoms with van der Waals surface area (Å²) in [6, 6.07) is 12.9. The van der Waals surface area contributed by atoms with Gasteiger partial charge in [-0.3, -0.25) is 14.6 Å². The van der Waals surface area contributed by atoms with E-state index >= 15 is 0 Å². The van der Waals surface area contributed by atoms with Gasteiger partial charge in [-0.2, -0.15) is 0 Å². The van der Waals surface area contributed by atoms with Crippen molar-refractivity contribution in [3.05, 3.63) is 66.1 Å². The number of pyridine rings is 1. The molecule has 2 amide bonds. The summed E-state index contributed by atoms with van der Waals surface area (Å²) in [5, 5.41) is 5.81. The first-order valence-electron chi connectivity index (χ1n) is 7.27. The quantitative estimate of drug-likeness (QED) is 0.774. The molecule has 0 spiro atoms. The van der Waals surface area contributed by atoms with E-state index < -0.39 is 11.7 Å². The standard InChI is InChI=1S/C18H14FN3O2/c1-11(23)21-17-10-12(6-7-15(17)19)22-18(24)14-8-9-20-16-5-3-2-4-13(14)16/h2-10H,1H3,(H,21,23)(H,22,24). The maximum absolute atomic E-state index is 13.7. The van der Waals surface area contributed by atoms with E-state index in [-0.39, 0.29) is 11.6 Å². The van der Waals surface area contributed by atoms with E-state index in [2.05, 4.69) is 15.6 Å². The van der Waals surface area contributed by atoms with E-state index in [1.807, 2.05) is 24.3 Å². The lowest BCUT2D eigenvalue weighted by Gasteiger charge is -2.10. The number of amides is 2. The number of benzene rings is 2. The van der Waals surface area contributed by atoms with Crippen LogP contribution in [0.1, 0.15) is 17.3 Å². The summed E-state index contributed by atoms with van der Waals surface area (Å²) in [4.78, 5) is 27.8. The Morgan fingerprint density at radius 2 is 1.83 bits per heavy atom. The molecule has 0 aliphatic rings. The van der Waals surface area contributed by atoms with Crippen molar-refractivity contribution in [1.29, 1.82) is 0 Å². The number of carbonyl (C=O) groups is 2. The van der Waals surface area contributed by atoms with Crippen LogP contribution < -0.4 is 10.6 Å². The molecule has 0 radical (unpaired) electrons.